The lowest BCUT2D eigenvalue weighted by Crippen LogP contribution is -2.34. The van der Waals surface area contributed by atoms with Gasteiger partial charge < -0.3 is 9.64 Å². The van der Waals surface area contributed by atoms with Crippen LogP contribution in [0.4, 0.5) is 10.3 Å². The maximum atomic E-state index is 12.9. The van der Waals surface area contributed by atoms with Gasteiger partial charge in [-0.1, -0.05) is 6.42 Å². The Balaban J connectivity index is 1.48. The Morgan fingerprint density at radius 1 is 1.21 bits per heavy atom. The van der Waals surface area contributed by atoms with Crippen molar-refractivity contribution in [3.63, 3.8) is 0 Å². The van der Waals surface area contributed by atoms with Crippen molar-refractivity contribution in [3.8, 4) is 6.01 Å². The zero-order valence-corrected chi connectivity index (χ0v) is 14.6. The van der Waals surface area contributed by atoms with E-state index in [9.17, 15) is 4.39 Å². The van der Waals surface area contributed by atoms with Gasteiger partial charge in [-0.05, 0) is 34.7 Å². The Morgan fingerprint density at radius 2 is 1.96 bits per heavy atom. The molecule has 0 amide bonds. The van der Waals surface area contributed by atoms with Crippen LogP contribution in [0.2, 0.25) is 0 Å². The molecule has 0 N–H and O–H groups in total. The summed E-state index contributed by atoms with van der Waals surface area (Å²) in [6.07, 6.45) is 9.28. The van der Waals surface area contributed by atoms with Crippen molar-refractivity contribution in [1.29, 1.82) is 0 Å². The number of nitrogens with zero attached hydrogens (tertiary/aromatic N) is 5. The molecule has 2 atom stereocenters. The number of ether oxygens (including phenoxy) is 1. The molecule has 0 bridgehead atoms. The van der Waals surface area contributed by atoms with E-state index >= 15 is 0 Å². The highest BCUT2D eigenvalue weighted by molar-refractivity contribution is 9.10. The number of anilines is 1. The molecule has 2 fully saturated rings. The van der Waals surface area contributed by atoms with Crippen LogP contribution in [-0.2, 0) is 0 Å². The van der Waals surface area contributed by atoms with Crippen LogP contribution in [0.1, 0.15) is 19.3 Å². The SMILES string of the molecule is Fc1cnc(OCC23CCCC2CN(c2ncc(Br)cn2)C3)nc1. The predicted molar refractivity (Wildman–Crippen MR) is 89.2 cm³/mol. The third-order valence-electron chi connectivity index (χ3n) is 5.01. The van der Waals surface area contributed by atoms with Crippen LogP contribution < -0.4 is 9.64 Å². The van der Waals surface area contributed by atoms with Crippen LogP contribution in [0, 0.1) is 17.2 Å². The van der Waals surface area contributed by atoms with Crippen molar-refractivity contribution in [1.82, 2.24) is 19.9 Å². The zero-order valence-electron chi connectivity index (χ0n) is 13.0. The fourth-order valence-corrected chi connectivity index (χ4v) is 4.06. The standard InChI is InChI=1S/C16H17BrFN5O/c17-12-4-19-14(20-5-12)23-8-11-2-1-3-16(11,9-23)10-24-15-21-6-13(18)7-22-15/h4-7,11H,1-3,8-10H2. The molecule has 6 nitrogen and oxygen atoms in total. The lowest BCUT2D eigenvalue weighted by Gasteiger charge is -2.28. The smallest absolute Gasteiger partial charge is 0.316 e. The lowest BCUT2D eigenvalue weighted by molar-refractivity contribution is 0.129. The molecule has 0 spiro atoms. The van der Waals surface area contributed by atoms with E-state index < -0.39 is 5.82 Å². The molecule has 1 saturated heterocycles. The topological polar surface area (TPSA) is 64.0 Å². The van der Waals surface area contributed by atoms with Gasteiger partial charge in [0.05, 0.1) is 23.5 Å². The van der Waals surface area contributed by atoms with E-state index in [1.54, 1.807) is 12.4 Å². The van der Waals surface area contributed by atoms with Crippen LogP contribution in [0.25, 0.3) is 0 Å². The van der Waals surface area contributed by atoms with Gasteiger partial charge >= 0.3 is 6.01 Å². The Hall–Kier alpha value is -1.83. The van der Waals surface area contributed by atoms with Crippen LogP contribution >= 0.6 is 15.9 Å². The summed E-state index contributed by atoms with van der Waals surface area (Å²) in [5, 5.41) is 0. The molecule has 126 valence electrons. The Bertz CT molecular complexity index is 713. The lowest BCUT2D eigenvalue weighted by atomic mass is 9.82. The molecular formula is C16H17BrFN5O. The second-order valence-corrected chi connectivity index (χ2v) is 7.42. The molecule has 2 aromatic rings. The van der Waals surface area contributed by atoms with Crippen LogP contribution in [0.3, 0.4) is 0 Å². The van der Waals surface area contributed by atoms with E-state index in [4.69, 9.17) is 4.74 Å². The second-order valence-electron chi connectivity index (χ2n) is 6.51. The van der Waals surface area contributed by atoms with E-state index in [0.29, 0.717) is 12.5 Å². The quantitative estimate of drug-likeness (QED) is 0.795. The first kappa shape index (κ1) is 15.7. The number of aromatic nitrogens is 4. The van der Waals surface area contributed by atoms with Gasteiger partial charge in [0.15, 0.2) is 5.82 Å². The minimum atomic E-state index is -0.460. The van der Waals surface area contributed by atoms with Gasteiger partial charge in [-0.15, -0.1) is 0 Å². The Kier molecular flexibility index (Phi) is 4.07. The number of hydrogen-bond acceptors (Lipinski definition) is 6. The maximum absolute atomic E-state index is 12.9. The van der Waals surface area contributed by atoms with Crippen LogP contribution in [0.5, 0.6) is 6.01 Å². The summed E-state index contributed by atoms with van der Waals surface area (Å²) in [5.74, 6) is 0.842. The van der Waals surface area contributed by atoms with Gasteiger partial charge in [-0.2, -0.15) is 0 Å². The van der Waals surface area contributed by atoms with Crippen LogP contribution in [-0.4, -0.2) is 39.6 Å². The molecule has 0 radical (unpaired) electrons. The fraction of sp³-hybridized carbons (Fsp3) is 0.500. The van der Waals surface area contributed by atoms with Crippen molar-refractivity contribution >= 4 is 21.9 Å². The highest BCUT2D eigenvalue weighted by Gasteiger charge is 2.50. The Labute approximate surface area is 147 Å². The summed E-state index contributed by atoms with van der Waals surface area (Å²) in [5.41, 5.74) is 0.0637. The minimum absolute atomic E-state index is 0.0637. The monoisotopic (exact) mass is 393 g/mol. The van der Waals surface area contributed by atoms with Gasteiger partial charge in [0.1, 0.15) is 0 Å². The minimum Gasteiger partial charge on any atom is -0.463 e. The van der Waals surface area contributed by atoms with E-state index in [-0.39, 0.29) is 11.4 Å². The van der Waals surface area contributed by atoms with Crippen molar-refractivity contribution in [2.45, 2.75) is 19.3 Å². The summed E-state index contributed by atoms with van der Waals surface area (Å²) >= 11 is 3.36. The highest BCUT2D eigenvalue weighted by Crippen LogP contribution is 2.49. The third kappa shape index (κ3) is 2.94. The average Bonchev–Trinajstić information content (AvgIpc) is 3.12. The third-order valence-corrected chi connectivity index (χ3v) is 5.42. The van der Waals surface area contributed by atoms with Gasteiger partial charge in [0.25, 0.3) is 0 Å². The molecule has 2 aromatic heterocycles. The van der Waals surface area contributed by atoms with E-state index in [2.05, 4.69) is 40.8 Å². The molecule has 2 aliphatic rings. The Morgan fingerprint density at radius 3 is 2.71 bits per heavy atom. The molecule has 8 heteroatoms. The average molecular weight is 394 g/mol. The fourth-order valence-electron chi connectivity index (χ4n) is 3.85. The second kappa shape index (κ2) is 6.23. The molecule has 0 aromatic carbocycles. The molecule has 1 aliphatic heterocycles. The summed E-state index contributed by atoms with van der Waals surface area (Å²) in [6.45, 7) is 2.34. The number of hydrogen-bond donors (Lipinski definition) is 0. The maximum Gasteiger partial charge on any atom is 0.316 e. The van der Waals surface area contributed by atoms with E-state index in [1.807, 2.05) is 0 Å². The van der Waals surface area contributed by atoms with Gasteiger partial charge in [-0.3, -0.25) is 0 Å². The summed E-state index contributed by atoms with van der Waals surface area (Å²) in [7, 11) is 0. The normalized spacial score (nSPS) is 25.8. The molecule has 2 unspecified atom stereocenters. The van der Waals surface area contributed by atoms with Gasteiger partial charge in [0, 0.05) is 30.9 Å². The number of fused-ring (bicyclic) bond motifs is 1. The largest absolute Gasteiger partial charge is 0.463 e. The van der Waals surface area contributed by atoms with Gasteiger partial charge in [0.2, 0.25) is 5.95 Å². The van der Waals surface area contributed by atoms with E-state index in [1.165, 1.54) is 12.8 Å². The number of rotatable bonds is 4. The molecule has 4 rings (SSSR count). The zero-order chi connectivity index (χ0) is 16.6. The van der Waals surface area contributed by atoms with Crippen LogP contribution in [0.15, 0.2) is 29.3 Å². The predicted octanol–water partition coefficient (Wildman–Crippen LogP) is 2.85. The first-order valence-electron chi connectivity index (χ1n) is 7.97. The molecule has 3 heterocycles. The first-order chi connectivity index (χ1) is 11.6. The molecule has 1 saturated carbocycles. The molecular weight excluding hydrogens is 377 g/mol. The molecule has 1 aliphatic carbocycles. The van der Waals surface area contributed by atoms with Crippen molar-refractivity contribution in [2.75, 3.05) is 24.6 Å². The van der Waals surface area contributed by atoms with Crippen molar-refractivity contribution < 1.29 is 9.13 Å². The van der Waals surface area contributed by atoms with E-state index in [0.717, 1.165) is 42.3 Å². The summed E-state index contributed by atoms with van der Waals surface area (Å²) in [6, 6.07) is 0.231. The summed E-state index contributed by atoms with van der Waals surface area (Å²) in [4.78, 5) is 18.8. The summed E-state index contributed by atoms with van der Waals surface area (Å²) < 4.78 is 19.6. The highest BCUT2D eigenvalue weighted by atomic mass is 79.9. The first-order valence-corrected chi connectivity index (χ1v) is 8.77. The van der Waals surface area contributed by atoms with Crippen molar-refractivity contribution in [3.05, 3.63) is 35.1 Å². The van der Waals surface area contributed by atoms with Crippen molar-refractivity contribution in [2.24, 2.45) is 11.3 Å². The number of halogens is 2. The van der Waals surface area contributed by atoms with Gasteiger partial charge in [-0.25, -0.2) is 24.3 Å². The molecule has 24 heavy (non-hydrogen) atoms.